The maximum absolute atomic E-state index is 11.8. The molecule has 0 heterocycles. The van der Waals surface area contributed by atoms with Crippen LogP contribution in [0.4, 0.5) is 0 Å². The Morgan fingerprint density at radius 3 is 2.57 bits per heavy atom. The Labute approximate surface area is 127 Å². The molecule has 4 nitrogen and oxygen atoms in total. The van der Waals surface area contributed by atoms with E-state index in [9.17, 15) is 9.59 Å². The van der Waals surface area contributed by atoms with Crippen LogP contribution >= 0.6 is 0 Å². The van der Waals surface area contributed by atoms with Crippen LogP contribution in [0.1, 0.15) is 65.2 Å². The lowest BCUT2D eigenvalue weighted by Crippen LogP contribution is -2.29. The Morgan fingerprint density at radius 2 is 1.90 bits per heavy atom. The molecular weight excluding hydrogens is 268 g/mol. The van der Waals surface area contributed by atoms with Crippen LogP contribution < -0.4 is 0 Å². The Morgan fingerprint density at radius 1 is 1.24 bits per heavy atom. The first-order valence-corrected chi connectivity index (χ1v) is 7.91. The van der Waals surface area contributed by atoms with Crippen LogP contribution in [0.15, 0.2) is 0 Å². The number of terminal acetylenes is 1. The molecule has 0 radical (unpaired) electrons. The third kappa shape index (κ3) is 6.66. The molecule has 0 aromatic rings. The number of ether oxygens (including phenoxy) is 2. The smallest absolute Gasteiger partial charge is 0.307 e. The van der Waals surface area contributed by atoms with Crippen LogP contribution in [-0.2, 0) is 19.1 Å². The number of hydrogen-bond acceptors (Lipinski definition) is 4. The minimum absolute atomic E-state index is 0.0599. The maximum atomic E-state index is 11.8. The molecule has 1 aliphatic carbocycles. The van der Waals surface area contributed by atoms with Crippen molar-refractivity contribution in [2.75, 3.05) is 0 Å². The molecule has 1 saturated carbocycles. The van der Waals surface area contributed by atoms with E-state index in [0.29, 0.717) is 12.3 Å². The first-order chi connectivity index (χ1) is 10.1. The molecule has 1 aliphatic rings. The molecule has 0 saturated heterocycles. The summed E-state index contributed by atoms with van der Waals surface area (Å²) in [5.74, 6) is 2.24. The van der Waals surface area contributed by atoms with Crippen molar-refractivity contribution >= 4 is 11.9 Å². The van der Waals surface area contributed by atoms with Gasteiger partial charge in [0.15, 0.2) is 6.10 Å². The summed E-state index contributed by atoms with van der Waals surface area (Å²) in [6.07, 6.45) is 11.1. The zero-order valence-corrected chi connectivity index (χ0v) is 13.1. The second kappa shape index (κ2) is 9.44. The van der Waals surface area contributed by atoms with Gasteiger partial charge in [-0.2, -0.15) is 0 Å². The average Bonchev–Trinajstić information content (AvgIpc) is 2.47. The Hall–Kier alpha value is -1.50. The van der Waals surface area contributed by atoms with Gasteiger partial charge in [-0.3, -0.25) is 9.59 Å². The third-order valence-corrected chi connectivity index (χ3v) is 3.95. The molecule has 3 atom stereocenters. The number of carbonyl (C=O) groups excluding carboxylic acids is 2. The topological polar surface area (TPSA) is 52.6 Å². The molecule has 3 unspecified atom stereocenters. The molecular formula is C17H26O4. The lowest BCUT2D eigenvalue weighted by atomic mass is 9.85. The molecule has 1 rings (SSSR count). The number of esters is 2. The zero-order valence-electron chi connectivity index (χ0n) is 13.1. The van der Waals surface area contributed by atoms with Crippen LogP contribution in [0.25, 0.3) is 0 Å². The molecule has 0 N–H and O–H groups in total. The Bertz CT molecular complexity index is 383. The predicted molar refractivity (Wildman–Crippen MR) is 80.4 cm³/mol. The average molecular weight is 294 g/mol. The van der Waals surface area contributed by atoms with Gasteiger partial charge >= 0.3 is 11.9 Å². The molecule has 118 valence electrons. The molecule has 0 aromatic carbocycles. The minimum Gasteiger partial charge on any atom is -0.462 e. The van der Waals surface area contributed by atoms with Gasteiger partial charge < -0.3 is 9.47 Å². The summed E-state index contributed by atoms with van der Waals surface area (Å²) in [6, 6.07) is 0. The van der Waals surface area contributed by atoms with E-state index < -0.39 is 6.10 Å². The number of rotatable bonds is 7. The predicted octanol–water partition coefficient (Wildman–Crippen LogP) is 3.23. The van der Waals surface area contributed by atoms with Gasteiger partial charge in [0.05, 0.1) is 0 Å². The van der Waals surface area contributed by atoms with E-state index in [0.717, 1.165) is 25.7 Å². The lowest BCUT2D eigenvalue weighted by molar-refractivity contribution is -0.154. The van der Waals surface area contributed by atoms with Gasteiger partial charge in [-0.05, 0) is 44.9 Å². The monoisotopic (exact) mass is 294 g/mol. The fourth-order valence-electron chi connectivity index (χ4n) is 2.69. The summed E-state index contributed by atoms with van der Waals surface area (Å²) >= 11 is 0. The molecule has 0 amide bonds. The van der Waals surface area contributed by atoms with Gasteiger partial charge in [-0.15, -0.1) is 6.42 Å². The molecule has 4 heteroatoms. The van der Waals surface area contributed by atoms with Crippen LogP contribution in [-0.4, -0.2) is 24.1 Å². The normalized spacial score (nSPS) is 22.9. The third-order valence-electron chi connectivity index (χ3n) is 3.95. The highest BCUT2D eigenvalue weighted by molar-refractivity contribution is 5.72. The summed E-state index contributed by atoms with van der Waals surface area (Å²) in [7, 11) is 0. The fraction of sp³-hybridized carbons (Fsp3) is 0.765. The van der Waals surface area contributed by atoms with Crippen molar-refractivity contribution in [3.05, 3.63) is 0 Å². The van der Waals surface area contributed by atoms with Crippen LogP contribution in [0.5, 0.6) is 0 Å². The molecule has 0 spiro atoms. The van der Waals surface area contributed by atoms with E-state index in [1.54, 1.807) is 6.92 Å². The van der Waals surface area contributed by atoms with Gasteiger partial charge in [0, 0.05) is 12.8 Å². The quantitative estimate of drug-likeness (QED) is 0.534. The van der Waals surface area contributed by atoms with Gasteiger partial charge in [0.25, 0.3) is 0 Å². The van der Waals surface area contributed by atoms with E-state index in [-0.39, 0.29) is 30.9 Å². The van der Waals surface area contributed by atoms with Gasteiger partial charge in [0.2, 0.25) is 0 Å². The van der Waals surface area contributed by atoms with Gasteiger partial charge in [-0.25, -0.2) is 0 Å². The minimum atomic E-state index is -0.517. The Balaban J connectivity index is 2.22. The van der Waals surface area contributed by atoms with Crippen molar-refractivity contribution in [3.63, 3.8) is 0 Å². The second-order valence-electron chi connectivity index (χ2n) is 5.63. The van der Waals surface area contributed by atoms with Crippen LogP contribution in [0.3, 0.4) is 0 Å². The maximum Gasteiger partial charge on any atom is 0.307 e. The van der Waals surface area contributed by atoms with Gasteiger partial charge in [0.1, 0.15) is 6.10 Å². The summed E-state index contributed by atoms with van der Waals surface area (Å²) in [5, 5.41) is 0. The summed E-state index contributed by atoms with van der Waals surface area (Å²) in [5.41, 5.74) is 0. The van der Waals surface area contributed by atoms with E-state index >= 15 is 0 Å². The van der Waals surface area contributed by atoms with Crippen molar-refractivity contribution in [2.45, 2.75) is 77.4 Å². The van der Waals surface area contributed by atoms with E-state index in [1.807, 2.05) is 0 Å². The molecule has 1 fully saturated rings. The highest BCUT2D eigenvalue weighted by atomic mass is 16.5. The van der Waals surface area contributed by atoms with E-state index in [4.69, 9.17) is 15.9 Å². The van der Waals surface area contributed by atoms with Crippen LogP contribution in [0, 0.1) is 18.3 Å². The van der Waals surface area contributed by atoms with E-state index in [1.165, 1.54) is 6.42 Å². The summed E-state index contributed by atoms with van der Waals surface area (Å²) < 4.78 is 10.5. The molecule has 0 aromatic heterocycles. The Kier molecular flexibility index (Phi) is 7.89. The fourth-order valence-corrected chi connectivity index (χ4v) is 2.69. The molecule has 21 heavy (non-hydrogen) atoms. The second-order valence-corrected chi connectivity index (χ2v) is 5.63. The van der Waals surface area contributed by atoms with Crippen molar-refractivity contribution in [1.82, 2.24) is 0 Å². The van der Waals surface area contributed by atoms with Gasteiger partial charge in [-0.1, -0.05) is 19.3 Å². The lowest BCUT2D eigenvalue weighted by Gasteiger charge is -2.30. The molecule has 0 aliphatic heterocycles. The van der Waals surface area contributed by atoms with Crippen molar-refractivity contribution in [3.8, 4) is 12.3 Å². The largest absolute Gasteiger partial charge is 0.462 e. The van der Waals surface area contributed by atoms with Crippen molar-refractivity contribution < 1.29 is 19.1 Å². The standard InChI is InChI=1S/C17H26O4/c1-4-13(3)20-16(18)11-8-12-17(19)21-15-10-7-6-9-14(15)5-2/h1,13-15H,5-12H2,2-3H3. The SMILES string of the molecule is C#CC(C)OC(=O)CCCC(=O)OC1CCCCC1CC. The highest BCUT2D eigenvalue weighted by Gasteiger charge is 2.26. The van der Waals surface area contributed by atoms with Crippen molar-refractivity contribution in [2.24, 2.45) is 5.92 Å². The number of carbonyl (C=O) groups is 2. The summed E-state index contributed by atoms with van der Waals surface area (Å²) in [4.78, 5) is 23.2. The highest BCUT2D eigenvalue weighted by Crippen LogP contribution is 2.29. The summed E-state index contributed by atoms with van der Waals surface area (Å²) in [6.45, 7) is 3.78. The number of hydrogen-bond donors (Lipinski definition) is 0. The first kappa shape index (κ1) is 17.6. The molecule has 0 bridgehead atoms. The van der Waals surface area contributed by atoms with E-state index in [2.05, 4.69) is 12.8 Å². The first-order valence-electron chi connectivity index (χ1n) is 7.91. The zero-order chi connectivity index (χ0) is 15.7. The van der Waals surface area contributed by atoms with Crippen LogP contribution in [0.2, 0.25) is 0 Å². The van der Waals surface area contributed by atoms with Crippen molar-refractivity contribution in [1.29, 1.82) is 0 Å².